The Labute approximate surface area is 195 Å². The third-order valence-corrected chi connectivity index (χ3v) is 6.69. The smallest absolute Gasteiger partial charge is 0.407 e. The van der Waals surface area contributed by atoms with E-state index in [0.717, 1.165) is 22.3 Å². The molecule has 0 spiro atoms. The summed E-state index contributed by atoms with van der Waals surface area (Å²) in [6.45, 7) is 1.60. The quantitative estimate of drug-likeness (QED) is 0.638. The van der Waals surface area contributed by atoms with E-state index >= 15 is 0 Å². The van der Waals surface area contributed by atoms with E-state index in [1.165, 1.54) is 11.8 Å². The second-order valence-corrected chi connectivity index (χ2v) is 9.05. The van der Waals surface area contributed by atoms with E-state index in [1.807, 2.05) is 48.5 Å². The van der Waals surface area contributed by atoms with Crippen LogP contribution in [0.2, 0.25) is 0 Å². The standard InChI is InChI=1S/C25H26F2N2O5/c1-25(23(31)32)10-11-29(14-25)21(30)12-20(22(26)27)28-24(33)34-13-19-17-8-4-2-6-15(17)16-7-3-5-9-18(16)19/h2-9,19-20,22H,10-14H2,1H3,(H,28,33)(H,31,32). The van der Waals surface area contributed by atoms with Gasteiger partial charge in [0.05, 0.1) is 11.8 Å². The SMILES string of the molecule is CC1(C(=O)O)CCN(C(=O)CC(NC(=O)OCC2c3ccccc3-c3ccccc32)C(F)F)C1. The molecular weight excluding hydrogens is 446 g/mol. The van der Waals surface area contributed by atoms with Crippen LogP contribution >= 0.6 is 0 Å². The van der Waals surface area contributed by atoms with Crippen LogP contribution in [0.1, 0.15) is 36.8 Å². The molecule has 0 saturated carbocycles. The number of halogens is 2. The first-order valence-electron chi connectivity index (χ1n) is 11.1. The lowest BCUT2D eigenvalue weighted by Crippen LogP contribution is -2.45. The van der Waals surface area contributed by atoms with Crippen molar-refractivity contribution < 1.29 is 33.0 Å². The highest BCUT2D eigenvalue weighted by Gasteiger charge is 2.43. The second-order valence-electron chi connectivity index (χ2n) is 9.05. The third-order valence-electron chi connectivity index (χ3n) is 6.69. The Hall–Kier alpha value is -3.49. The van der Waals surface area contributed by atoms with Crippen LogP contribution in [0.3, 0.4) is 0 Å². The van der Waals surface area contributed by atoms with E-state index in [2.05, 4.69) is 5.32 Å². The predicted octanol–water partition coefficient (Wildman–Crippen LogP) is 3.87. The zero-order valence-corrected chi connectivity index (χ0v) is 18.7. The van der Waals surface area contributed by atoms with Crippen LogP contribution in [0.5, 0.6) is 0 Å². The van der Waals surface area contributed by atoms with Crippen molar-refractivity contribution in [2.24, 2.45) is 5.41 Å². The third kappa shape index (κ3) is 4.60. The Bertz CT molecular complexity index is 1060. The molecule has 1 fully saturated rings. The fraction of sp³-hybridized carbons (Fsp3) is 0.400. The van der Waals surface area contributed by atoms with Crippen molar-refractivity contribution in [2.75, 3.05) is 19.7 Å². The number of amides is 2. The van der Waals surface area contributed by atoms with E-state index in [0.29, 0.717) is 0 Å². The Kier molecular flexibility index (Phi) is 6.54. The minimum atomic E-state index is -2.99. The number of ether oxygens (including phenoxy) is 1. The second kappa shape index (κ2) is 9.40. The van der Waals surface area contributed by atoms with E-state index in [4.69, 9.17) is 4.74 Å². The molecule has 1 heterocycles. The van der Waals surface area contributed by atoms with Crippen LogP contribution in [0.4, 0.5) is 13.6 Å². The number of alkyl halides is 2. The molecule has 2 aliphatic rings. The Morgan fingerprint density at radius 2 is 1.71 bits per heavy atom. The molecule has 9 heteroatoms. The number of benzene rings is 2. The molecule has 7 nitrogen and oxygen atoms in total. The van der Waals surface area contributed by atoms with E-state index in [1.54, 1.807) is 0 Å². The first kappa shape index (κ1) is 23.7. The molecule has 1 aliphatic heterocycles. The maximum atomic E-state index is 13.6. The van der Waals surface area contributed by atoms with Crippen LogP contribution in [-0.4, -0.2) is 60.1 Å². The summed E-state index contributed by atoms with van der Waals surface area (Å²) in [7, 11) is 0. The van der Waals surface area contributed by atoms with Gasteiger partial charge in [-0.25, -0.2) is 13.6 Å². The highest BCUT2D eigenvalue weighted by Crippen LogP contribution is 2.44. The van der Waals surface area contributed by atoms with Crippen molar-refractivity contribution in [1.29, 1.82) is 0 Å². The fourth-order valence-corrected chi connectivity index (χ4v) is 4.66. The van der Waals surface area contributed by atoms with Crippen molar-refractivity contribution in [1.82, 2.24) is 10.2 Å². The summed E-state index contributed by atoms with van der Waals surface area (Å²) in [5.74, 6) is -1.89. The summed E-state index contributed by atoms with van der Waals surface area (Å²) in [4.78, 5) is 37.5. The molecule has 0 aromatic heterocycles. The van der Waals surface area contributed by atoms with E-state index < -0.39 is 42.3 Å². The number of carbonyl (C=O) groups excluding carboxylic acids is 2. The molecule has 2 N–H and O–H groups in total. The van der Waals surface area contributed by atoms with Crippen LogP contribution in [0, 0.1) is 5.41 Å². The molecular formula is C25H26F2N2O5. The molecule has 2 aromatic rings. The number of rotatable bonds is 7. The van der Waals surface area contributed by atoms with Gasteiger partial charge in [0.2, 0.25) is 5.91 Å². The molecule has 1 aliphatic carbocycles. The van der Waals surface area contributed by atoms with Crippen LogP contribution in [0.25, 0.3) is 11.1 Å². The largest absolute Gasteiger partial charge is 0.481 e. The van der Waals surface area contributed by atoms with Gasteiger partial charge in [-0.2, -0.15) is 0 Å². The van der Waals surface area contributed by atoms with Gasteiger partial charge in [-0.3, -0.25) is 9.59 Å². The average molecular weight is 472 g/mol. The van der Waals surface area contributed by atoms with Gasteiger partial charge < -0.3 is 20.1 Å². The molecule has 0 radical (unpaired) electrons. The number of carboxylic acids is 1. The predicted molar refractivity (Wildman–Crippen MR) is 120 cm³/mol. The number of fused-ring (bicyclic) bond motifs is 3. The van der Waals surface area contributed by atoms with Crippen molar-refractivity contribution in [3.63, 3.8) is 0 Å². The average Bonchev–Trinajstić information content (AvgIpc) is 3.37. The maximum absolute atomic E-state index is 13.6. The Balaban J connectivity index is 1.36. The molecule has 2 aromatic carbocycles. The lowest BCUT2D eigenvalue weighted by atomic mass is 9.90. The molecule has 4 rings (SSSR count). The number of hydrogen-bond donors (Lipinski definition) is 2. The van der Waals surface area contributed by atoms with E-state index in [9.17, 15) is 28.3 Å². The number of likely N-dealkylation sites (tertiary alicyclic amines) is 1. The van der Waals surface area contributed by atoms with Crippen molar-refractivity contribution in [3.8, 4) is 11.1 Å². The van der Waals surface area contributed by atoms with Gasteiger partial charge in [0.25, 0.3) is 6.43 Å². The summed E-state index contributed by atoms with van der Waals surface area (Å²) >= 11 is 0. The zero-order chi connectivity index (χ0) is 24.5. The molecule has 2 atom stereocenters. The zero-order valence-electron chi connectivity index (χ0n) is 18.7. The molecule has 1 saturated heterocycles. The van der Waals surface area contributed by atoms with Crippen molar-refractivity contribution >= 4 is 18.0 Å². The van der Waals surface area contributed by atoms with Gasteiger partial charge in [-0.15, -0.1) is 0 Å². The molecule has 2 unspecified atom stereocenters. The van der Waals surface area contributed by atoms with Crippen molar-refractivity contribution in [3.05, 3.63) is 59.7 Å². The number of carbonyl (C=O) groups is 3. The number of carboxylic acid groups (broad SMARTS) is 1. The molecule has 0 bridgehead atoms. The lowest BCUT2D eigenvalue weighted by Gasteiger charge is -2.23. The topological polar surface area (TPSA) is 95.9 Å². The highest BCUT2D eigenvalue weighted by molar-refractivity contribution is 5.82. The highest BCUT2D eigenvalue weighted by atomic mass is 19.3. The summed E-state index contributed by atoms with van der Waals surface area (Å²) in [6.07, 6.45) is -4.42. The number of hydrogen-bond acceptors (Lipinski definition) is 4. The molecule has 34 heavy (non-hydrogen) atoms. The summed E-state index contributed by atoms with van der Waals surface area (Å²) in [5.41, 5.74) is 2.97. The normalized spacial score (nSPS) is 20.1. The summed E-state index contributed by atoms with van der Waals surface area (Å²) in [6, 6.07) is 13.8. The number of aliphatic carboxylic acids is 1. The Morgan fingerprint density at radius 3 is 2.24 bits per heavy atom. The monoisotopic (exact) mass is 472 g/mol. The van der Waals surface area contributed by atoms with Gasteiger partial charge in [-0.05, 0) is 35.6 Å². The fourth-order valence-electron chi connectivity index (χ4n) is 4.66. The van der Waals surface area contributed by atoms with Crippen LogP contribution in [0.15, 0.2) is 48.5 Å². The lowest BCUT2D eigenvalue weighted by molar-refractivity contribution is -0.147. The van der Waals surface area contributed by atoms with Gasteiger partial charge in [0.15, 0.2) is 0 Å². The van der Waals surface area contributed by atoms with Gasteiger partial charge in [-0.1, -0.05) is 48.5 Å². The van der Waals surface area contributed by atoms with Crippen molar-refractivity contribution in [2.45, 2.75) is 38.2 Å². The molecule has 2 amide bonds. The first-order valence-corrected chi connectivity index (χ1v) is 11.1. The number of nitrogens with one attached hydrogen (secondary N) is 1. The van der Waals surface area contributed by atoms with Crippen LogP contribution in [-0.2, 0) is 14.3 Å². The summed E-state index contributed by atoms with van der Waals surface area (Å²) < 4.78 is 32.5. The van der Waals surface area contributed by atoms with Gasteiger partial charge >= 0.3 is 12.1 Å². The number of alkyl carbamates (subject to hydrolysis) is 1. The minimum absolute atomic E-state index is 0.0349. The Morgan fingerprint density at radius 1 is 1.12 bits per heavy atom. The minimum Gasteiger partial charge on any atom is -0.481 e. The van der Waals surface area contributed by atoms with Gasteiger partial charge in [0, 0.05) is 19.0 Å². The molecule has 180 valence electrons. The first-order chi connectivity index (χ1) is 16.2. The number of nitrogens with zero attached hydrogens (tertiary/aromatic N) is 1. The maximum Gasteiger partial charge on any atom is 0.407 e. The van der Waals surface area contributed by atoms with E-state index in [-0.39, 0.29) is 32.0 Å². The summed E-state index contributed by atoms with van der Waals surface area (Å²) in [5, 5.41) is 11.4. The van der Waals surface area contributed by atoms with Crippen LogP contribution < -0.4 is 5.32 Å². The van der Waals surface area contributed by atoms with Gasteiger partial charge in [0.1, 0.15) is 12.6 Å².